The number of aromatic nitrogens is 3. The topological polar surface area (TPSA) is 57.0 Å². The van der Waals surface area contributed by atoms with Crippen molar-refractivity contribution in [3.05, 3.63) is 35.5 Å². The first kappa shape index (κ1) is 15.4. The summed E-state index contributed by atoms with van der Waals surface area (Å²) in [7, 11) is 1.13. The fraction of sp³-hybridized carbons (Fsp3) is 0.357. The molecule has 23 heavy (non-hydrogen) atoms. The number of hydrogen-bond acceptors (Lipinski definition) is 4. The number of ether oxygens (including phenoxy) is 1. The van der Waals surface area contributed by atoms with Gasteiger partial charge in [0.1, 0.15) is 5.69 Å². The molecule has 0 unspecified atom stereocenters. The Morgan fingerprint density at radius 1 is 1.39 bits per heavy atom. The third kappa shape index (κ3) is 2.90. The quantitative estimate of drug-likeness (QED) is 0.641. The van der Waals surface area contributed by atoms with Crippen LogP contribution in [-0.4, -0.2) is 27.6 Å². The Balaban J connectivity index is 2.07. The highest BCUT2D eigenvalue weighted by atomic mass is 19.4. The van der Waals surface area contributed by atoms with Crippen molar-refractivity contribution < 1.29 is 27.1 Å². The zero-order valence-electron chi connectivity index (χ0n) is 11.9. The van der Waals surface area contributed by atoms with Crippen LogP contribution in [0.5, 0.6) is 0 Å². The van der Waals surface area contributed by atoms with Crippen molar-refractivity contribution in [2.24, 2.45) is 0 Å². The van der Waals surface area contributed by atoms with Crippen molar-refractivity contribution in [2.75, 3.05) is 7.11 Å². The molecule has 0 amide bonds. The van der Waals surface area contributed by atoms with Gasteiger partial charge in [-0.15, -0.1) is 0 Å². The van der Waals surface area contributed by atoms with Crippen LogP contribution in [0.25, 0.3) is 11.5 Å². The van der Waals surface area contributed by atoms with Gasteiger partial charge in [0.15, 0.2) is 17.3 Å². The van der Waals surface area contributed by atoms with E-state index in [2.05, 4.69) is 14.7 Å². The molecule has 1 saturated carbocycles. The summed E-state index contributed by atoms with van der Waals surface area (Å²) in [6, 6.07) is 0.725. The smallest absolute Gasteiger partial charge is 0.434 e. The largest absolute Gasteiger partial charge is 0.465 e. The Morgan fingerprint density at radius 3 is 2.61 bits per heavy atom. The Hall–Kier alpha value is -2.45. The van der Waals surface area contributed by atoms with Crippen LogP contribution in [0.1, 0.15) is 34.9 Å². The minimum Gasteiger partial charge on any atom is -0.465 e. The van der Waals surface area contributed by atoms with Crippen LogP contribution in [0.15, 0.2) is 18.5 Å². The monoisotopic (exact) mass is 329 g/mol. The van der Waals surface area contributed by atoms with Gasteiger partial charge in [0.2, 0.25) is 0 Å². The normalized spacial score (nSPS) is 14.8. The molecule has 0 saturated heterocycles. The number of alkyl halides is 3. The number of carbonyl (C=O) groups is 1. The van der Waals surface area contributed by atoms with Gasteiger partial charge in [-0.2, -0.15) is 13.2 Å². The van der Waals surface area contributed by atoms with Gasteiger partial charge in [0.25, 0.3) is 0 Å². The van der Waals surface area contributed by atoms with Crippen LogP contribution >= 0.6 is 0 Å². The van der Waals surface area contributed by atoms with Crippen molar-refractivity contribution in [1.82, 2.24) is 14.5 Å². The van der Waals surface area contributed by atoms with E-state index < -0.39 is 23.7 Å². The number of halogens is 4. The highest BCUT2D eigenvalue weighted by Gasteiger charge is 2.38. The molecule has 1 aliphatic carbocycles. The van der Waals surface area contributed by atoms with Gasteiger partial charge < -0.3 is 9.30 Å². The minimum absolute atomic E-state index is 0.130. The second-order valence-corrected chi connectivity index (χ2v) is 5.13. The molecule has 1 aliphatic rings. The number of pyridine rings is 1. The number of hydrogen-bond donors (Lipinski definition) is 0. The number of nitrogens with zero attached hydrogens (tertiary/aromatic N) is 3. The van der Waals surface area contributed by atoms with Gasteiger partial charge in [-0.1, -0.05) is 0 Å². The zero-order chi connectivity index (χ0) is 16.8. The van der Waals surface area contributed by atoms with Gasteiger partial charge >= 0.3 is 12.1 Å². The molecule has 1 fully saturated rings. The van der Waals surface area contributed by atoms with Gasteiger partial charge in [-0.05, 0) is 18.9 Å². The summed E-state index contributed by atoms with van der Waals surface area (Å²) in [6.45, 7) is 0. The van der Waals surface area contributed by atoms with Crippen molar-refractivity contribution >= 4 is 5.97 Å². The second-order valence-electron chi connectivity index (χ2n) is 5.13. The summed E-state index contributed by atoms with van der Waals surface area (Å²) >= 11 is 0. The highest BCUT2D eigenvalue weighted by Crippen LogP contribution is 2.40. The molecular formula is C14H11F4N3O2. The number of methoxy groups -OCH3 is 1. The maximum atomic E-state index is 14.2. The number of imidazole rings is 1. The molecule has 3 rings (SSSR count). The molecule has 2 aromatic rings. The van der Waals surface area contributed by atoms with Crippen molar-refractivity contribution in [2.45, 2.75) is 25.1 Å². The van der Waals surface area contributed by atoms with Crippen LogP contribution in [0.4, 0.5) is 17.6 Å². The van der Waals surface area contributed by atoms with Crippen molar-refractivity contribution in [3.8, 4) is 11.5 Å². The molecule has 0 bridgehead atoms. The first-order valence-corrected chi connectivity index (χ1v) is 6.71. The van der Waals surface area contributed by atoms with Crippen LogP contribution in [0, 0.1) is 5.82 Å². The van der Waals surface area contributed by atoms with Crippen LogP contribution in [0.3, 0.4) is 0 Å². The summed E-state index contributed by atoms with van der Waals surface area (Å²) in [5.41, 5.74) is -1.56. The molecule has 122 valence electrons. The van der Waals surface area contributed by atoms with Gasteiger partial charge in [-0.3, -0.25) is 0 Å². The zero-order valence-corrected chi connectivity index (χ0v) is 11.9. The first-order valence-electron chi connectivity index (χ1n) is 6.71. The molecule has 2 heterocycles. The average molecular weight is 329 g/mol. The Kier molecular flexibility index (Phi) is 3.57. The Bertz CT molecular complexity index is 766. The predicted molar refractivity (Wildman–Crippen MR) is 70.0 cm³/mol. The fourth-order valence-corrected chi connectivity index (χ4v) is 2.17. The summed E-state index contributed by atoms with van der Waals surface area (Å²) in [4.78, 5) is 18.6. The summed E-state index contributed by atoms with van der Waals surface area (Å²) in [6.07, 6.45) is -1.33. The number of esters is 1. The van der Waals surface area contributed by atoms with E-state index in [1.54, 1.807) is 0 Å². The SMILES string of the molecule is COC(=O)c1cnc(-c2nc(C(F)(F)F)cn2C2CC2)c(F)c1. The lowest BCUT2D eigenvalue weighted by Crippen LogP contribution is -2.06. The van der Waals surface area contributed by atoms with E-state index in [0.717, 1.165) is 25.6 Å². The lowest BCUT2D eigenvalue weighted by atomic mass is 10.2. The highest BCUT2D eigenvalue weighted by molar-refractivity contribution is 5.89. The molecule has 0 spiro atoms. The maximum Gasteiger partial charge on any atom is 0.434 e. The molecule has 2 aromatic heterocycles. The molecule has 0 aliphatic heterocycles. The fourth-order valence-electron chi connectivity index (χ4n) is 2.17. The Morgan fingerprint density at radius 2 is 2.09 bits per heavy atom. The average Bonchev–Trinajstić information content (AvgIpc) is 3.24. The van der Waals surface area contributed by atoms with E-state index >= 15 is 0 Å². The summed E-state index contributed by atoms with van der Waals surface area (Å²) in [5.74, 6) is -1.92. The molecule has 0 atom stereocenters. The van der Waals surface area contributed by atoms with E-state index in [4.69, 9.17) is 0 Å². The minimum atomic E-state index is -4.63. The molecule has 9 heteroatoms. The molecular weight excluding hydrogens is 318 g/mol. The summed E-state index contributed by atoms with van der Waals surface area (Å²) in [5, 5.41) is 0. The van der Waals surface area contributed by atoms with E-state index in [1.807, 2.05) is 0 Å². The summed E-state index contributed by atoms with van der Waals surface area (Å²) < 4.78 is 58.5. The van der Waals surface area contributed by atoms with Crippen molar-refractivity contribution in [1.29, 1.82) is 0 Å². The lowest BCUT2D eigenvalue weighted by molar-refractivity contribution is -0.140. The Labute approximate surface area is 127 Å². The van der Waals surface area contributed by atoms with Gasteiger partial charge in [-0.25, -0.2) is 19.2 Å². The van der Waals surface area contributed by atoms with Crippen molar-refractivity contribution in [3.63, 3.8) is 0 Å². The number of rotatable bonds is 3. The second kappa shape index (κ2) is 5.32. The van der Waals surface area contributed by atoms with Crippen LogP contribution in [0.2, 0.25) is 0 Å². The number of carbonyl (C=O) groups excluding carboxylic acids is 1. The third-order valence-electron chi connectivity index (χ3n) is 3.44. The third-order valence-corrected chi connectivity index (χ3v) is 3.44. The van der Waals surface area contributed by atoms with Gasteiger partial charge in [0.05, 0.1) is 12.7 Å². The maximum absolute atomic E-state index is 14.2. The molecule has 0 N–H and O–H groups in total. The molecule has 0 aromatic carbocycles. The standard InChI is InChI=1S/C14H11F4N3O2/c1-23-13(22)7-4-9(15)11(19-5-7)12-20-10(14(16,17)18)6-21(12)8-2-3-8/h4-6,8H,2-3H2,1H3. The van der Waals surface area contributed by atoms with E-state index in [1.165, 1.54) is 4.57 Å². The van der Waals surface area contributed by atoms with Crippen LogP contribution < -0.4 is 0 Å². The van der Waals surface area contributed by atoms with E-state index in [9.17, 15) is 22.4 Å². The van der Waals surface area contributed by atoms with Gasteiger partial charge in [0, 0.05) is 18.4 Å². The van der Waals surface area contributed by atoms with Crippen LogP contribution in [-0.2, 0) is 10.9 Å². The van der Waals surface area contributed by atoms with E-state index in [0.29, 0.717) is 12.8 Å². The van der Waals surface area contributed by atoms with E-state index in [-0.39, 0.29) is 23.1 Å². The molecule has 5 nitrogen and oxygen atoms in total. The first-order chi connectivity index (χ1) is 10.8. The predicted octanol–water partition coefficient (Wildman–Crippen LogP) is 3.22. The molecule has 0 radical (unpaired) electrons. The lowest BCUT2D eigenvalue weighted by Gasteiger charge is -2.07.